The zero-order chi connectivity index (χ0) is 10.5. The van der Waals surface area contributed by atoms with E-state index in [1.54, 1.807) is 0 Å². The number of hydrogen-bond donors (Lipinski definition) is 1. The highest BCUT2D eigenvalue weighted by molar-refractivity contribution is 4.75. The molecule has 1 saturated carbocycles. The topological polar surface area (TPSA) is 15.3 Å². The zero-order valence-electron chi connectivity index (χ0n) is 10.2. The molecule has 0 aromatic rings. The first-order valence-electron chi connectivity index (χ1n) is 6.76. The second-order valence-corrected chi connectivity index (χ2v) is 5.49. The third-order valence-electron chi connectivity index (χ3n) is 4.05. The fourth-order valence-electron chi connectivity index (χ4n) is 2.82. The maximum Gasteiger partial charge on any atom is 0.00680 e. The van der Waals surface area contributed by atoms with Crippen LogP contribution in [0.25, 0.3) is 0 Å². The van der Waals surface area contributed by atoms with Gasteiger partial charge in [0.2, 0.25) is 0 Å². The van der Waals surface area contributed by atoms with E-state index in [0.717, 1.165) is 12.0 Å². The van der Waals surface area contributed by atoms with Crippen LogP contribution in [0.15, 0.2) is 0 Å². The SMILES string of the molecule is CN(CCCC1CCCN1)CC1CCC1. The summed E-state index contributed by atoms with van der Waals surface area (Å²) in [5.74, 6) is 1.03. The predicted octanol–water partition coefficient (Wildman–Crippen LogP) is 2.25. The van der Waals surface area contributed by atoms with Gasteiger partial charge in [-0.05, 0) is 64.6 Å². The van der Waals surface area contributed by atoms with Gasteiger partial charge in [0.1, 0.15) is 0 Å². The van der Waals surface area contributed by atoms with E-state index in [4.69, 9.17) is 0 Å². The van der Waals surface area contributed by atoms with Gasteiger partial charge in [-0.2, -0.15) is 0 Å². The lowest BCUT2D eigenvalue weighted by Crippen LogP contribution is -2.31. The summed E-state index contributed by atoms with van der Waals surface area (Å²) >= 11 is 0. The summed E-state index contributed by atoms with van der Waals surface area (Å²) < 4.78 is 0. The minimum atomic E-state index is 0.835. The Labute approximate surface area is 94.4 Å². The van der Waals surface area contributed by atoms with E-state index in [0.29, 0.717) is 0 Å². The van der Waals surface area contributed by atoms with Crippen LogP contribution in [0.4, 0.5) is 0 Å². The monoisotopic (exact) mass is 210 g/mol. The highest BCUT2D eigenvalue weighted by Crippen LogP contribution is 2.26. The molecule has 0 amide bonds. The molecule has 2 heteroatoms. The summed E-state index contributed by atoms with van der Waals surface area (Å²) in [7, 11) is 2.29. The van der Waals surface area contributed by atoms with Crippen LogP contribution in [0, 0.1) is 5.92 Å². The number of nitrogens with zero attached hydrogens (tertiary/aromatic N) is 1. The van der Waals surface area contributed by atoms with Crippen LogP contribution in [-0.4, -0.2) is 37.6 Å². The molecule has 2 rings (SSSR count). The molecule has 1 aliphatic carbocycles. The Morgan fingerprint density at radius 3 is 2.67 bits per heavy atom. The van der Waals surface area contributed by atoms with Crippen molar-refractivity contribution in [3.63, 3.8) is 0 Å². The molecular formula is C13H26N2. The van der Waals surface area contributed by atoms with Crippen molar-refractivity contribution in [2.45, 2.75) is 51.0 Å². The van der Waals surface area contributed by atoms with Gasteiger partial charge >= 0.3 is 0 Å². The average molecular weight is 210 g/mol. The van der Waals surface area contributed by atoms with E-state index in [2.05, 4.69) is 17.3 Å². The van der Waals surface area contributed by atoms with Crippen LogP contribution in [0.3, 0.4) is 0 Å². The fourth-order valence-corrected chi connectivity index (χ4v) is 2.82. The van der Waals surface area contributed by atoms with Gasteiger partial charge < -0.3 is 10.2 Å². The number of nitrogens with one attached hydrogen (secondary N) is 1. The van der Waals surface area contributed by atoms with Crippen LogP contribution >= 0.6 is 0 Å². The third-order valence-corrected chi connectivity index (χ3v) is 4.05. The molecule has 0 spiro atoms. The van der Waals surface area contributed by atoms with E-state index in [9.17, 15) is 0 Å². The van der Waals surface area contributed by atoms with Crippen molar-refractivity contribution in [3.8, 4) is 0 Å². The Morgan fingerprint density at radius 1 is 1.20 bits per heavy atom. The average Bonchev–Trinajstić information content (AvgIpc) is 2.64. The molecule has 1 aliphatic heterocycles. The number of rotatable bonds is 6. The summed E-state index contributed by atoms with van der Waals surface area (Å²) in [5, 5.41) is 3.57. The molecule has 1 heterocycles. The molecular weight excluding hydrogens is 184 g/mol. The van der Waals surface area contributed by atoms with Crippen LogP contribution < -0.4 is 5.32 Å². The fraction of sp³-hybridized carbons (Fsp3) is 1.00. The van der Waals surface area contributed by atoms with Crippen LogP contribution in [0.1, 0.15) is 44.9 Å². The molecule has 1 N–H and O–H groups in total. The van der Waals surface area contributed by atoms with Crippen molar-refractivity contribution in [2.75, 3.05) is 26.7 Å². The minimum Gasteiger partial charge on any atom is -0.314 e. The Hall–Kier alpha value is -0.0800. The van der Waals surface area contributed by atoms with Crippen molar-refractivity contribution in [1.29, 1.82) is 0 Å². The first-order valence-corrected chi connectivity index (χ1v) is 6.76. The molecule has 1 saturated heterocycles. The lowest BCUT2D eigenvalue weighted by Gasteiger charge is -2.30. The smallest absolute Gasteiger partial charge is 0.00680 e. The molecule has 1 unspecified atom stereocenters. The first kappa shape index (κ1) is 11.4. The van der Waals surface area contributed by atoms with E-state index in [-0.39, 0.29) is 0 Å². The highest BCUT2D eigenvalue weighted by Gasteiger charge is 2.19. The first-order chi connectivity index (χ1) is 7.34. The summed E-state index contributed by atoms with van der Waals surface area (Å²) in [4.78, 5) is 2.54. The van der Waals surface area contributed by atoms with Crippen molar-refractivity contribution in [3.05, 3.63) is 0 Å². The molecule has 2 aliphatic rings. The van der Waals surface area contributed by atoms with Crippen LogP contribution in [0.2, 0.25) is 0 Å². The molecule has 1 atom stereocenters. The van der Waals surface area contributed by atoms with Gasteiger partial charge in [0.25, 0.3) is 0 Å². The summed E-state index contributed by atoms with van der Waals surface area (Å²) in [6.07, 6.45) is 10.00. The Morgan fingerprint density at radius 2 is 2.07 bits per heavy atom. The quantitative estimate of drug-likeness (QED) is 0.723. The maximum atomic E-state index is 3.57. The second-order valence-electron chi connectivity index (χ2n) is 5.49. The van der Waals surface area contributed by atoms with Crippen LogP contribution in [-0.2, 0) is 0 Å². The van der Waals surface area contributed by atoms with Gasteiger partial charge in [0.15, 0.2) is 0 Å². The molecule has 0 radical (unpaired) electrons. The van der Waals surface area contributed by atoms with Crippen molar-refractivity contribution >= 4 is 0 Å². The zero-order valence-corrected chi connectivity index (χ0v) is 10.2. The Balaban J connectivity index is 1.48. The van der Waals surface area contributed by atoms with Gasteiger partial charge in [-0.25, -0.2) is 0 Å². The molecule has 0 bridgehead atoms. The summed E-state index contributed by atoms with van der Waals surface area (Å²) in [6, 6.07) is 0.835. The molecule has 0 aromatic carbocycles. The molecule has 15 heavy (non-hydrogen) atoms. The lowest BCUT2D eigenvalue weighted by molar-refractivity contribution is 0.202. The Kier molecular flexibility index (Phi) is 4.45. The van der Waals surface area contributed by atoms with E-state index < -0.39 is 0 Å². The molecule has 88 valence electrons. The van der Waals surface area contributed by atoms with Gasteiger partial charge in [0, 0.05) is 12.6 Å². The van der Waals surface area contributed by atoms with Crippen LogP contribution in [0.5, 0.6) is 0 Å². The lowest BCUT2D eigenvalue weighted by atomic mass is 9.85. The minimum absolute atomic E-state index is 0.835. The van der Waals surface area contributed by atoms with Gasteiger partial charge in [-0.3, -0.25) is 0 Å². The predicted molar refractivity (Wildman–Crippen MR) is 65.1 cm³/mol. The van der Waals surface area contributed by atoms with E-state index in [1.165, 1.54) is 64.6 Å². The molecule has 0 aromatic heterocycles. The van der Waals surface area contributed by atoms with Gasteiger partial charge in [-0.1, -0.05) is 6.42 Å². The molecule has 2 fully saturated rings. The highest BCUT2D eigenvalue weighted by atomic mass is 15.1. The largest absolute Gasteiger partial charge is 0.314 e. The molecule has 2 nitrogen and oxygen atoms in total. The normalized spacial score (nSPS) is 27.2. The maximum absolute atomic E-state index is 3.57. The van der Waals surface area contributed by atoms with Gasteiger partial charge in [0.05, 0.1) is 0 Å². The number of hydrogen-bond acceptors (Lipinski definition) is 2. The third kappa shape index (κ3) is 3.76. The van der Waals surface area contributed by atoms with E-state index >= 15 is 0 Å². The van der Waals surface area contributed by atoms with Crippen molar-refractivity contribution < 1.29 is 0 Å². The standard InChI is InChI=1S/C13H26N2/c1-15(11-12-5-2-6-12)10-4-8-13-7-3-9-14-13/h12-14H,2-11H2,1H3. The van der Waals surface area contributed by atoms with Crippen molar-refractivity contribution in [1.82, 2.24) is 10.2 Å². The van der Waals surface area contributed by atoms with Gasteiger partial charge in [-0.15, -0.1) is 0 Å². The van der Waals surface area contributed by atoms with E-state index in [1.807, 2.05) is 0 Å². The second kappa shape index (κ2) is 5.86. The summed E-state index contributed by atoms with van der Waals surface area (Å²) in [6.45, 7) is 3.90. The van der Waals surface area contributed by atoms with Crippen molar-refractivity contribution in [2.24, 2.45) is 5.92 Å². The summed E-state index contributed by atoms with van der Waals surface area (Å²) in [5.41, 5.74) is 0. The Bertz CT molecular complexity index is 171.